The molecule has 15 heavy (non-hydrogen) atoms. The van der Waals surface area contributed by atoms with Gasteiger partial charge in [-0.15, -0.1) is 0 Å². The molecule has 1 N–H and O–H groups in total. The molecule has 0 aliphatic carbocycles. The Labute approximate surface area is 88.4 Å². The van der Waals surface area contributed by atoms with Crippen molar-refractivity contribution in [2.24, 2.45) is 0 Å². The fourth-order valence-electron chi connectivity index (χ4n) is 1.26. The van der Waals surface area contributed by atoms with Crippen LogP contribution in [-0.4, -0.2) is 17.3 Å². The van der Waals surface area contributed by atoms with Gasteiger partial charge in [-0.05, 0) is 29.8 Å². The average Bonchev–Trinajstić information content (AvgIpc) is 2.80. The zero-order chi connectivity index (χ0) is 10.5. The largest absolute Gasteiger partial charge is 0.497 e. The first-order valence-electron chi connectivity index (χ1n) is 4.70. The number of aromatic amines is 1. The van der Waals surface area contributed by atoms with Gasteiger partial charge in [0.2, 0.25) is 0 Å². The van der Waals surface area contributed by atoms with Crippen molar-refractivity contribution in [1.82, 2.24) is 10.2 Å². The molecule has 2 rings (SSSR count). The molecule has 0 fully saturated rings. The number of rotatable bonds is 3. The molecule has 3 nitrogen and oxygen atoms in total. The number of nitrogens with one attached hydrogen (secondary N) is 1. The summed E-state index contributed by atoms with van der Waals surface area (Å²) in [5.74, 6) is 0.869. The molecule has 0 atom stereocenters. The van der Waals surface area contributed by atoms with Gasteiger partial charge in [0.15, 0.2) is 0 Å². The Morgan fingerprint density at radius 3 is 2.53 bits per heavy atom. The predicted octanol–water partition coefficient (Wildman–Crippen LogP) is 2.59. The second-order valence-electron chi connectivity index (χ2n) is 3.12. The Morgan fingerprint density at radius 2 is 1.93 bits per heavy atom. The van der Waals surface area contributed by atoms with Crippen LogP contribution in [0.3, 0.4) is 0 Å². The summed E-state index contributed by atoms with van der Waals surface area (Å²) in [5.41, 5.74) is 2.12. The summed E-state index contributed by atoms with van der Waals surface area (Å²) >= 11 is 0. The fraction of sp³-hybridized carbons (Fsp3) is 0.0833. The minimum atomic E-state index is 0.869. The Balaban J connectivity index is 2.11. The first kappa shape index (κ1) is 9.52. The van der Waals surface area contributed by atoms with Crippen LogP contribution < -0.4 is 4.74 Å². The van der Waals surface area contributed by atoms with Crippen molar-refractivity contribution < 1.29 is 4.74 Å². The van der Waals surface area contributed by atoms with Crippen LogP contribution >= 0.6 is 0 Å². The number of hydrogen-bond acceptors (Lipinski definition) is 2. The summed E-state index contributed by atoms with van der Waals surface area (Å²) in [6.45, 7) is 0. The van der Waals surface area contributed by atoms with Crippen molar-refractivity contribution in [3.63, 3.8) is 0 Å². The highest BCUT2D eigenvalue weighted by Gasteiger charge is 1.90. The van der Waals surface area contributed by atoms with Gasteiger partial charge in [-0.25, -0.2) is 0 Å². The molecule has 0 aliphatic rings. The van der Waals surface area contributed by atoms with E-state index >= 15 is 0 Å². The van der Waals surface area contributed by atoms with Crippen molar-refractivity contribution in [1.29, 1.82) is 0 Å². The number of aromatic nitrogens is 2. The molecule has 0 saturated heterocycles. The summed E-state index contributed by atoms with van der Waals surface area (Å²) in [6.07, 6.45) is 5.73. The zero-order valence-electron chi connectivity index (χ0n) is 8.47. The minimum Gasteiger partial charge on any atom is -0.497 e. The topological polar surface area (TPSA) is 37.9 Å². The van der Waals surface area contributed by atoms with Gasteiger partial charge >= 0.3 is 0 Å². The van der Waals surface area contributed by atoms with Gasteiger partial charge < -0.3 is 4.74 Å². The van der Waals surface area contributed by atoms with E-state index in [4.69, 9.17) is 4.74 Å². The predicted molar refractivity (Wildman–Crippen MR) is 60.5 cm³/mol. The molecule has 0 radical (unpaired) electrons. The molecule has 0 unspecified atom stereocenters. The van der Waals surface area contributed by atoms with Gasteiger partial charge in [-0.2, -0.15) is 5.10 Å². The summed E-state index contributed by atoms with van der Waals surface area (Å²) in [7, 11) is 1.66. The van der Waals surface area contributed by atoms with E-state index in [9.17, 15) is 0 Å². The minimum absolute atomic E-state index is 0.869. The molecular weight excluding hydrogens is 188 g/mol. The number of benzene rings is 1. The van der Waals surface area contributed by atoms with E-state index in [-0.39, 0.29) is 0 Å². The quantitative estimate of drug-likeness (QED) is 0.826. The van der Waals surface area contributed by atoms with E-state index in [2.05, 4.69) is 10.2 Å². The third-order valence-electron chi connectivity index (χ3n) is 2.09. The van der Waals surface area contributed by atoms with Crippen LogP contribution in [0.1, 0.15) is 11.3 Å². The lowest BCUT2D eigenvalue weighted by Crippen LogP contribution is -1.81. The van der Waals surface area contributed by atoms with Gasteiger partial charge in [0.1, 0.15) is 5.75 Å². The highest BCUT2D eigenvalue weighted by Crippen LogP contribution is 2.13. The fourth-order valence-corrected chi connectivity index (χ4v) is 1.26. The Bertz CT molecular complexity index is 429. The van der Waals surface area contributed by atoms with E-state index in [0.29, 0.717) is 0 Å². The second kappa shape index (κ2) is 4.46. The van der Waals surface area contributed by atoms with Crippen molar-refractivity contribution in [3.8, 4) is 5.75 Å². The lowest BCUT2D eigenvalue weighted by atomic mass is 10.2. The molecule has 0 spiro atoms. The number of nitrogens with zero attached hydrogens (tertiary/aromatic N) is 1. The standard InChI is InChI=1S/C12H12N2O/c1-15-12-6-3-10(4-7-12)2-5-11-8-9-13-14-11/h2-9H,1H3,(H,13,14)/b5-2+. The lowest BCUT2D eigenvalue weighted by Gasteiger charge is -1.98. The van der Waals surface area contributed by atoms with E-state index in [1.165, 1.54) is 0 Å². The molecule has 0 aliphatic heterocycles. The van der Waals surface area contributed by atoms with Gasteiger partial charge in [-0.3, -0.25) is 5.10 Å². The monoisotopic (exact) mass is 200 g/mol. The summed E-state index contributed by atoms with van der Waals surface area (Å²) in [4.78, 5) is 0. The molecule has 76 valence electrons. The molecule has 0 amide bonds. The van der Waals surface area contributed by atoms with Crippen LogP contribution in [-0.2, 0) is 0 Å². The Hall–Kier alpha value is -2.03. The summed E-state index contributed by atoms with van der Waals surface area (Å²) in [5, 5.41) is 6.73. The third-order valence-corrected chi connectivity index (χ3v) is 2.09. The lowest BCUT2D eigenvalue weighted by molar-refractivity contribution is 0.415. The van der Waals surface area contributed by atoms with Crippen LogP contribution in [0.5, 0.6) is 5.75 Å². The highest BCUT2D eigenvalue weighted by atomic mass is 16.5. The van der Waals surface area contributed by atoms with E-state index in [1.807, 2.05) is 42.5 Å². The maximum absolute atomic E-state index is 5.08. The maximum Gasteiger partial charge on any atom is 0.118 e. The first-order chi connectivity index (χ1) is 7.38. The maximum atomic E-state index is 5.08. The molecule has 3 heteroatoms. The molecule has 0 bridgehead atoms. The van der Waals surface area contributed by atoms with Crippen molar-refractivity contribution in [2.75, 3.05) is 7.11 Å². The number of H-pyrrole nitrogens is 1. The zero-order valence-corrected chi connectivity index (χ0v) is 8.47. The van der Waals surface area contributed by atoms with Crippen LogP contribution in [0.15, 0.2) is 36.5 Å². The van der Waals surface area contributed by atoms with Gasteiger partial charge in [0.05, 0.1) is 12.8 Å². The van der Waals surface area contributed by atoms with Gasteiger partial charge in [-0.1, -0.05) is 18.2 Å². The molecule has 1 heterocycles. The van der Waals surface area contributed by atoms with Crippen LogP contribution in [0.25, 0.3) is 12.2 Å². The number of ether oxygens (including phenoxy) is 1. The smallest absolute Gasteiger partial charge is 0.118 e. The average molecular weight is 200 g/mol. The Kier molecular flexibility index (Phi) is 2.83. The number of hydrogen-bond donors (Lipinski definition) is 1. The first-order valence-corrected chi connectivity index (χ1v) is 4.70. The van der Waals surface area contributed by atoms with Crippen molar-refractivity contribution >= 4 is 12.2 Å². The molecule has 1 aromatic carbocycles. The highest BCUT2D eigenvalue weighted by molar-refractivity contribution is 5.67. The van der Waals surface area contributed by atoms with Crippen molar-refractivity contribution in [2.45, 2.75) is 0 Å². The van der Waals surface area contributed by atoms with E-state index in [1.54, 1.807) is 13.3 Å². The van der Waals surface area contributed by atoms with Gasteiger partial charge in [0, 0.05) is 6.20 Å². The van der Waals surface area contributed by atoms with Crippen LogP contribution in [0.2, 0.25) is 0 Å². The van der Waals surface area contributed by atoms with Gasteiger partial charge in [0.25, 0.3) is 0 Å². The molecular formula is C12H12N2O. The summed E-state index contributed by atoms with van der Waals surface area (Å²) < 4.78 is 5.08. The van der Waals surface area contributed by atoms with E-state index in [0.717, 1.165) is 17.0 Å². The molecule has 0 saturated carbocycles. The normalized spacial score (nSPS) is 10.7. The number of methoxy groups -OCH3 is 1. The Morgan fingerprint density at radius 1 is 1.13 bits per heavy atom. The summed E-state index contributed by atoms with van der Waals surface area (Å²) in [6, 6.07) is 9.80. The molecule has 2 aromatic rings. The van der Waals surface area contributed by atoms with E-state index < -0.39 is 0 Å². The van der Waals surface area contributed by atoms with Crippen LogP contribution in [0, 0.1) is 0 Å². The molecule has 1 aromatic heterocycles. The second-order valence-corrected chi connectivity index (χ2v) is 3.12. The van der Waals surface area contributed by atoms with Crippen LogP contribution in [0.4, 0.5) is 0 Å². The third kappa shape index (κ3) is 2.47. The van der Waals surface area contributed by atoms with Crippen molar-refractivity contribution in [3.05, 3.63) is 47.8 Å². The SMILES string of the molecule is COc1ccc(/C=C/c2ccn[nH]2)cc1.